The number of hydrazone groups is 1. The lowest BCUT2D eigenvalue weighted by molar-refractivity contribution is 0.481. The summed E-state index contributed by atoms with van der Waals surface area (Å²) in [6, 6.07) is 10.1. The molecule has 9 N–H and O–H groups in total. The summed E-state index contributed by atoms with van der Waals surface area (Å²) >= 11 is 1.26. The number of nitrogens with zero attached hydrogens (tertiary/aromatic N) is 3. The molecule has 0 aliphatic heterocycles. The Labute approximate surface area is 239 Å². The number of fused-ring (bicyclic) bond motifs is 2. The highest BCUT2D eigenvalue weighted by Crippen LogP contribution is 2.36. The van der Waals surface area contributed by atoms with E-state index in [9.17, 15) is 34.4 Å². The molecule has 0 bridgehead atoms. The van der Waals surface area contributed by atoms with Crippen molar-refractivity contribution in [2.45, 2.75) is 28.5 Å². The third-order valence-corrected chi connectivity index (χ3v) is 8.52. The average Bonchev–Trinajstić information content (AvgIpc) is 3.27. The van der Waals surface area contributed by atoms with Crippen LogP contribution in [-0.2, 0) is 30.4 Å². The Kier molecular flexibility index (Phi) is 10.4. The summed E-state index contributed by atoms with van der Waals surface area (Å²) in [6.45, 7) is 7.25. The van der Waals surface area contributed by atoms with E-state index in [1.165, 1.54) is 41.7 Å². The van der Waals surface area contributed by atoms with Crippen LogP contribution >= 0.6 is 11.3 Å². The number of nitrogens with two attached hydrogens (primary N) is 3. The molecular weight excluding hydrogens is 621 g/mol. The fourth-order valence-electron chi connectivity index (χ4n) is 3.41. The molecule has 0 spiro atoms. The Hall–Kier alpha value is -3.85. The summed E-state index contributed by atoms with van der Waals surface area (Å²) < 4.78 is 96.9. The van der Waals surface area contributed by atoms with E-state index in [1.54, 1.807) is 6.07 Å². The van der Waals surface area contributed by atoms with E-state index >= 15 is 0 Å². The summed E-state index contributed by atoms with van der Waals surface area (Å²) in [5.74, 6) is -0.190. The Morgan fingerprint density at radius 3 is 2.10 bits per heavy atom. The van der Waals surface area contributed by atoms with Gasteiger partial charge in [0.15, 0.2) is 5.13 Å². The van der Waals surface area contributed by atoms with Crippen LogP contribution in [0.1, 0.15) is 13.8 Å². The largest absolute Gasteiger partial charge is 0.402 e. The summed E-state index contributed by atoms with van der Waals surface area (Å²) in [6.07, 6.45) is 0.932. The van der Waals surface area contributed by atoms with E-state index in [0.29, 0.717) is 10.6 Å². The first-order valence-corrected chi connectivity index (χ1v) is 16.2. The van der Waals surface area contributed by atoms with E-state index in [4.69, 9.17) is 21.8 Å². The molecule has 222 valence electrons. The van der Waals surface area contributed by atoms with Crippen LogP contribution in [0.3, 0.4) is 0 Å². The predicted octanol–water partition coefficient (Wildman–Crippen LogP) is 2.62. The van der Waals surface area contributed by atoms with Crippen LogP contribution in [0, 0.1) is 0 Å². The van der Waals surface area contributed by atoms with Gasteiger partial charge in [0.1, 0.15) is 15.6 Å². The molecule has 1 heterocycles. The molecule has 0 aliphatic carbocycles. The van der Waals surface area contributed by atoms with E-state index in [1.807, 2.05) is 13.8 Å². The number of anilines is 2. The van der Waals surface area contributed by atoms with Gasteiger partial charge in [-0.1, -0.05) is 43.4 Å². The van der Waals surface area contributed by atoms with E-state index in [2.05, 4.69) is 16.8 Å². The van der Waals surface area contributed by atoms with Crippen LogP contribution in [0.25, 0.3) is 21.0 Å². The second kappa shape index (κ2) is 12.8. The predicted molar refractivity (Wildman–Crippen MR) is 157 cm³/mol. The van der Waals surface area contributed by atoms with E-state index in [-0.39, 0.29) is 27.2 Å². The van der Waals surface area contributed by atoms with Gasteiger partial charge in [-0.25, -0.2) is 9.99 Å². The van der Waals surface area contributed by atoms with E-state index < -0.39 is 40.1 Å². The third-order valence-electron chi connectivity index (χ3n) is 4.95. The maximum atomic E-state index is 11.9. The molecule has 0 saturated heterocycles. The normalized spacial score (nSPS) is 12.2. The van der Waals surface area contributed by atoms with Crippen molar-refractivity contribution in [1.82, 2.24) is 4.98 Å². The number of rotatable bonds is 6. The Balaban J connectivity index is 0.000000309. The second-order valence-electron chi connectivity index (χ2n) is 7.42. The van der Waals surface area contributed by atoms with Crippen LogP contribution in [0.15, 0.2) is 80.3 Å². The SMILES string of the molecule is C=NN(/C(N)=C/N)c1ccc2c(S(=O)(=O)O)cccc2c1S(=O)(=O)O.CC.Nc1nc2cc(S(=O)(=O)O)ccc2s1. The molecule has 0 saturated carbocycles. The van der Waals surface area contributed by atoms with Gasteiger partial charge in [0, 0.05) is 23.7 Å². The molecule has 15 nitrogen and oxygen atoms in total. The number of hydrogen-bond donors (Lipinski definition) is 6. The zero-order valence-corrected chi connectivity index (χ0v) is 24.7. The van der Waals surface area contributed by atoms with Gasteiger partial charge in [-0.3, -0.25) is 13.7 Å². The highest BCUT2D eigenvalue weighted by atomic mass is 32.2. The summed E-state index contributed by atoms with van der Waals surface area (Å²) in [5, 5.41) is 4.47. The van der Waals surface area contributed by atoms with Gasteiger partial charge >= 0.3 is 0 Å². The molecule has 3 aromatic carbocycles. The van der Waals surface area contributed by atoms with Crippen LogP contribution < -0.4 is 22.2 Å². The van der Waals surface area contributed by atoms with Crippen LogP contribution in [0.4, 0.5) is 10.8 Å². The van der Waals surface area contributed by atoms with Gasteiger partial charge in [0.25, 0.3) is 30.4 Å². The number of hydrogen-bond acceptors (Lipinski definition) is 13. The number of benzene rings is 3. The molecular formula is C22H26N6O9S4. The molecule has 0 fully saturated rings. The third kappa shape index (κ3) is 7.67. The van der Waals surface area contributed by atoms with Gasteiger partial charge in [-0.15, -0.1) is 0 Å². The Bertz CT molecular complexity index is 1960. The molecule has 4 rings (SSSR count). The molecule has 1 aromatic heterocycles. The van der Waals surface area contributed by atoms with Crippen molar-refractivity contribution in [3.63, 3.8) is 0 Å². The molecule has 0 atom stereocenters. The first-order chi connectivity index (χ1) is 19.0. The molecule has 0 radical (unpaired) electrons. The zero-order chi connectivity index (χ0) is 31.3. The van der Waals surface area contributed by atoms with Gasteiger partial charge < -0.3 is 17.2 Å². The monoisotopic (exact) mass is 646 g/mol. The lowest BCUT2D eigenvalue weighted by atomic mass is 10.1. The first-order valence-electron chi connectivity index (χ1n) is 11.1. The van der Waals surface area contributed by atoms with Crippen molar-refractivity contribution in [3.8, 4) is 0 Å². The maximum absolute atomic E-state index is 11.9. The fraction of sp³-hybridized carbons (Fsp3) is 0.0909. The molecule has 4 aromatic rings. The van der Waals surface area contributed by atoms with Crippen LogP contribution in [-0.4, -0.2) is 50.6 Å². The number of thiazole rings is 1. The van der Waals surface area contributed by atoms with Crippen molar-refractivity contribution in [2.75, 3.05) is 10.7 Å². The highest BCUT2D eigenvalue weighted by molar-refractivity contribution is 7.86. The lowest BCUT2D eigenvalue weighted by Gasteiger charge is -2.21. The smallest absolute Gasteiger partial charge is 0.297 e. The first kappa shape index (κ1) is 33.4. The van der Waals surface area contributed by atoms with Gasteiger partial charge in [-0.05, 0) is 30.3 Å². The molecule has 0 amide bonds. The van der Waals surface area contributed by atoms with Gasteiger partial charge in [0.2, 0.25) is 0 Å². The molecule has 41 heavy (non-hydrogen) atoms. The number of nitrogen functional groups attached to an aromatic ring is 1. The van der Waals surface area contributed by atoms with Gasteiger partial charge in [0.05, 0.1) is 20.8 Å². The van der Waals surface area contributed by atoms with E-state index in [0.717, 1.165) is 28.0 Å². The molecule has 0 unspecified atom stereocenters. The standard InChI is InChI=1S/C13H14N4O6S2.C7H6N2O3S2.C2H6/c1-16-17(12(15)7-14)10-6-5-8-9(13(10)25(21,22)23)3-2-4-11(8)24(18,19)20;8-7-9-5-3-4(14(10,11)12)1-2-6(5)13-7;1-2/h2-7H,1,14-15H2,(H,18,19,20)(H,21,22,23);1-3H,(H2,8,9)(H,10,11,12);1-2H3/b12-7+;;. The fourth-order valence-corrected chi connectivity index (χ4v) is 6.20. The number of aromatic nitrogens is 1. The Morgan fingerprint density at radius 1 is 0.951 bits per heavy atom. The van der Waals surface area contributed by atoms with Crippen molar-refractivity contribution >= 4 is 80.2 Å². The quantitative estimate of drug-likeness (QED) is 0.0998. The minimum Gasteiger partial charge on any atom is -0.402 e. The van der Waals surface area contributed by atoms with Crippen molar-refractivity contribution in [3.05, 3.63) is 60.6 Å². The minimum atomic E-state index is -4.85. The van der Waals surface area contributed by atoms with Crippen LogP contribution in [0.2, 0.25) is 0 Å². The summed E-state index contributed by atoms with van der Waals surface area (Å²) in [4.78, 5) is 2.54. The average molecular weight is 647 g/mol. The van der Waals surface area contributed by atoms with Gasteiger partial charge in [-0.2, -0.15) is 30.4 Å². The summed E-state index contributed by atoms with van der Waals surface area (Å²) in [5.41, 5.74) is 16.6. The lowest BCUT2D eigenvalue weighted by Crippen LogP contribution is -2.24. The van der Waals surface area contributed by atoms with Crippen molar-refractivity contribution in [2.24, 2.45) is 16.6 Å². The second-order valence-corrected chi connectivity index (χ2v) is 12.6. The molecule has 0 aliphatic rings. The zero-order valence-electron chi connectivity index (χ0n) is 21.4. The maximum Gasteiger partial charge on any atom is 0.297 e. The highest BCUT2D eigenvalue weighted by Gasteiger charge is 2.26. The van der Waals surface area contributed by atoms with Crippen molar-refractivity contribution < 1.29 is 38.9 Å². The Morgan fingerprint density at radius 2 is 1.59 bits per heavy atom. The summed E-state index contributed by atoms with van der Waals surface area (Å²) in [7, 11) is -13.6. The minimum absolute atomic E-state index is 0.124. The van der Waals surface area contributed by atoms with Crippen molar-refractivity contribution in [1.29, 1.82) is 0 Å². The topological polar surface area (TPSA) is 270 Å². The molecule has 19 heteroatoms. The van der Waals surface area contributed by atoms with Crippen LogP contribution in [0.5, 0.6) is 0 Å².